The van der Waals surface area contributed by atoms with E-state index in [1.165, 1.54) is 12.8 Å². The minimum atomic E-state index is -0.616. The number of carbonyl (C=O) groups is 1. The molecule has 2 fully saturated rings. The maximum Gasteiger partial charge on any atom is 0.306 e. The van der Waals surface area contributed by atoms with Crippen molar-refractivity contribution in [1.29, 1.82) is 0 Å². The lowest BCUT2D eigenvalue weighted by atomic mass is 9.85. The largest absolute Gasteiger partial charge is 0.481 e. The molecule has 0 aromatic carbocycles. The van der Waals surface area contributed by atoms with Crippen molar-refractivity contribution < 1.29 is 9.90 Å². The van der Waals surface area contributed by atoms with Gasteiger partial charge >= 0.3 is 5.97 Å². The highest BCUT2D eigenvalue weighted by Gasteiger charge is 2.36. The van der Waals surface area contributed by atoms with Crippen LogP contribution >= 0.6 is 0 Å². The van der Waals surface area contributed by atoms with Crippen LogP contribution in [0.5, 0.6) is 0 Å². The summed E-state index contributed by atoms with van der Waals surface area (Å²) in [5, 5.41) is 12.4. The fourth-order valence-corrected chi connectivity index (χ4v) is 2.95. The molecule has 0 atom stereocenters. The highest BCUT2D eigenvalue weighted by molar-refractivity contribution is 5.70. The topological polar surface area (TPSA) is 52.6 Å². The number of likely N-dealkylation sites (tertiary alicyclic amines) is 1. The fourth-order valence-electron chi connectivity index (χ4n) is 2.95. The molecule has 2 saturated heterocycles. The summed E-state index contributed by atoms with van der Waals surface area (Å²) in [5.74, 6) is -0.725. The summed E-state index contributed by atoms with van der Waals surface area (Å²) in [5.41, 5.74) is 0.300. The van der Waals surface area contributed by atoms with E-state index in [4.69, 9.17) is 5.11 Å². The Morgan fingerprint density at radius 3 is 2.38 bits per heavy atom. The maximum atomic E-state index is 10.9. The lowest BCUT2D eigenvalue weighted by molar-refractivity contribution is -0.144. The van der Waals surface area contributed by atoms with Crippen molar-refractivity contribution in [3.05, 3.63) is 0 Å². The average molecular weight is 226 g/mol. The number of rotatable bonds is 2. The van der Waals surface area contributed by atoms with Crippen molar-refractivity contribution in [2.24, 2.45) is 5.92 Å². The van der Waals surface area contributed by atoms with Gasteiger partial charge in [0.05, 0.1) is 5.92 Å². The molecule has 0 amide bonds. The van der Waals surface area contributed by atoms with Gasteiger partial charge in [-0.1, -0.05) is 0 Å². The summed E-state index contributed by atoms with van der Waals surface area (Å²) in [6.45, 7) is 6.42. The SMILES string of the molecule is CC1(N2CCC(C(=O)O)CC2)CCNCC1. The smallest absolute Gasteiger partial charge is 0.306 e. The third kappa shape index (κ3) is 2.38. The second-order valence-corrected chi connectivity index (χ2v) is 5.35. The number of hydrogen-bond donors (Lipinski definition) is 2. The molecular weight excluding hydrogens is 204 g/mol. The number of piperidine rings is 2. The van der Waals surface area contributed by atoms with Gasteiger partial charge in [0.1, 0.15) is 0 Å². The summed E-state index contributed by atoms with van der Waals surface area (Å²) >= 11 is 0. The van der Waals surface area contributed by atoms with Crippen LogP contribution < -0.4 is 5.32 Å². The van der Waals surface area contributed by atoms with Crippen LogP contribution in [-0.4, -0.2) is 47.7 Å². The van der Waals surface area contributed by atoms with Crippen LogP contribution in [0.15, 0.2) is 0 Å². The number of aliphatic carboxylic acids is 1. The molecule has 0 spiro atoms. The van der Waals surface area contributed by atoms with E-state index in [0.29, 0.717) is 5.54 Å². The molecule has 0 saturated carbocycles. The highest BCUT2D eigenvalue weighted by atomic mass is 16.4. The van der Waals surface area contributed by atoms with Crippen LogP contribution in [0.3, 0.4) is 0 Å². The quantitative estimate of drug-likeness (QED) is 0.735. The van der Waals surface area contributed by atoms with Crippen LogP contribution in [0.1, 0.15) is 32.6 Å². The standard InChI is InChI=1S/C12H22N2O2/c1-12(4-6-13-7-5-12)14-8-2-10(3-9-14)11(15)16/h10,13H,2-9H2,1H3,(H,15,16). The van der Waals surface area contributed by atoms with Crippen molar-refractivity contribution >= 4 is 5.97 Å². The highest BCUT2D eigenvalue weighted by Crippen LogP contribution is 2.30. The van der Waals surface area contributed by atoms with Crippen molar-refractivity contribution in [3.8, 4) is 0 Å². The molecule has 0 aromatic rings. The first kappa shape index (κ1) is 11.9. The Hall–Kier alpha value is -0.610. The number of nitrogens with zero attached hydrogens (tertiary/aromatic N) is 1. The number of carboxylic acids is 1. The molecule has 0 aromatic heterocycles. The van der Waals surface area contributed by atoms with E-state index in [9.17, 15) is 4.79 Å². The summed E-state index contributed by atoms with van der Waals surface area (Å²) in [7, 11) is 0. The lowest BCUT2D eigenvalue weighted by Crippen LogP contribution is -2.55. The zero-order valence-electron chi connectivity index (χ0n) is 10.0. The minimum absolute atomic E-state index is 0.110. The van der Waals surface area contributed by atoms with Crippen LogP contribution in [0.25, 0.3) is 0 Å². The summed E-state index contributed by atoms with van der Waals surface area (Å²) in [6, 6.07) is 0. The Labute approximate surface area is 97.0 Å². The van der Waals surface area contributed by atoms with Crippen LogP contribution in [0.2, 0.25) is 0 Å². The van der Waals surface area contributed by atoms with Gasteiger partial charge in [0.2, 0.25) is 0 Å². The van der Waals surface area contributed by atoms with Gasteiger partial charge in [-0.05, 0) is 58.8 Å². The molecule has 4 heteroatoms. The van der Waals surface area contributed by atoms with E-state index in [0.717, 1.165) is 39.0 Å². The first-order chi connectivity index (χ1) is 7.62. The molecule has 0 radical (unpaired) electrons. The molecule has 2 heterocycles. The summed E-state index contributed by atoms with van der Waals surface area (Å²) in [6.07, 6.45) is 4.01. The van der Waals surface area contributed by atoms with Crippen LogP contribution in [0.4, 0.5) is 0 Å². The molecule has 4 nitrogen and oxygen atoms in total. The van der Waals surface area contributed by atoms with E-state index in [-0.39, 0.29) is 5.92 Å². The second-order valence-electron chi connectivity index (χ2n) is 5.35. The first-order valence-corrected chi connectivity index (χ1v) is 6.30. The molecular formula is C12H22N2O2. The van der Waals surface area contributed by atoms with E-state index in [1.54, 1.807) is 0 Å². The minimum Gasteiger partial charge on any atom is -0.481 e. The molecule has 0 unspecified atom stereocenters. The molecule has 2 rings (SSSR count). The predicted octanol–water partition coefficient (Wildman–Crippen LogP) is 0.925. The summed E-state index contributed by atoms with van der Waals surface area (Å²) in [4.78, 5) is 13.4. The maximum absolute atomic E-state index is 10.9. The van der Waals surface area contributed by atoms with Gasteiger partial charge in [-0.15, -0.1) is 0 Å². The number of hydrogen-bond acceptors (Lipinski definition) is 3. The van der Waals surface area contributed by atoms with E-state index in [2.05, 4.69) is 17.1 Å². The third-order valence-corrected chi connectivity index (χ3v) is 4.29. The van der Waals surface area contributed by atoms with Gasteiger partial charge in [-0.2, -0.15) is 0 Å². The number of carboxylic acid groups (broad SMARTS) is 1. The molecule has 2 aliphatic heterocycles. The molecule has 16 heavy (non-hydrogen) atoms. The predicted molar refractivity (Wildman–Crippen MR) is 62.4 cm³/mol. The zero-order chi connectivity index (χ0) is 11.6. The lowest BCUT2D eigenvalue weighted by Gasteiger charge is -2.46. The van der Waals surface area contributed by atoms with Gasteiger partial charge in [0, 0.05) is 5.54 Å². The fraction of sp³-hybridized carbons (Fsp3) is 0.917. The van der Waals surface area contributed by atoms with Gasteiger partial charge in [-0.3, -0.25) is 9.69 Å². The van der Waals surface area contributed by atoms with Crippen LogP contribution in [0, 0.1) is 5.92 Å². The Bertz CT molecular complexity index is 254. The Morgan fingerprint density at radius 1 is 1.31 bits per heavy atom. The summed E-state index contributed by atoms with van der Waals surface area (Å²) < 4.78 is 0. The molecule has 92 valence electrons. The molecule has 0 bridgehead atoms. The van der Waals surface area contributed by atoms with Gasteiger partial charge in [0.15, 0.2) is 0 Å². The molecule has 2 N–H and O–H groups in total. The number of nitrogens with one attached hydrogen (secondary N) is 1. The van der Waals surface area contributed by atoms with E-state index < -0.39 is 5.97 Å². The van der Waals surface area contributed by atoms with Crippen molar-refractivity contribution in [2.75, 3.05) is 26.2 Å². The Balaban J connectivity index is 1.90. The van der Waals surface area contributed by atoms with Crippen molar-refractivity contribution in [3.63, 3.8) is 0 Å². The Morgan fingerprint density at radius 2 is 1.88 bits per heavy atom. The zero-order valence-corrected chi connectivity index (χ0v) is 10.0. The van der Waals surface area contributed by atoms with Gasteiger partial charge < -0.3 is 10.4 Å². The van der Waals surface area contributed by atoms with Crippen molar-refractivity contribution in [1.82, 2.24) is 10.2 Å². The van der Waals surface area contributed by atoms with E-state index >= 15 is 0 Å². The third-order valence-electron chi connectivity index (χ3n) is 4.29. The van der Waals surface area contributed by atoms with E-state index in [1.807, 2.05) is 0 Å². The molecule has 0 aliphatic carbocycles. The van der Waals surface area contributed by atoms with Gasteiger partial charge in [-0.25, -0.2) is 0 Å². The van der Waals surface area contributed by atoms with Gasteiger partial charge in [0.25, 0.3) is 0 Å². The van der Waals surface area contributed by atoms with Crippen LogP contribution in [-0.2, 0) is 4.79 Å². The normalized spacial score (nSPS) is 27.8. The first-order valence-electron chi connectivity index (χ1n) is 6.30. The monoisotopic (exact) mass is 226 g/mol. The van der Waals surface area contributed by atoms with Crippen molar-refractivity contribution in [2.45, 2.75) is 38.1 Å². The second kappa shape index (κ2) is 4.72. The average Bonchev–Trinajstić information content (AvgIpc) is 2.30. The Kier molecular flexibility index (Phi) is 3.50. The molecule has 2 aliphatic rings.